The molecular formula is C24H24N2O5. The Kier molecular flexibility index (Phi) is 5.84. The molecule has 2 unspecified atom stereocenters. The van der Waals surface area contributed by atoms with Crippen LogP contribution in [0.2, 0.25) is 0 Å². The van der Waals surface area contributed by atoms with Crippen LogP contribution in [0, 0.1) is 10.1 Å². The van der Waals surface area contributed by atoms with E-state index >= 15 is 0 Å². The molecule has 31 heavy (non-hydrogen) atoms. The van der Waals surface area contributed by atoms with Gasteiger partial charge in [0, 0.05) is 42.2 Å². The normalized spacial score (nSPS) is 20.8. The van der Waals surface area contributed by atoms with Gasteiger partial charge in [-0.25, -0.2) is 0 Å². The van der Waals surface area contributed by atoms with E-state index in [1.807, 2.05) is 24.3 Å². The number of hydrogen-bond donors (Lipinski definition) is 1. The number of carbonyl (C=O) groups is 2. The molecule has 1 aliphatic heterocycles. The number of hydrogen-bond acceptors (Lipinski definition) is 5. The summed E-state index contributed by atoms with van der Waals surface area (Å²) in [5, 5.41) is 13.8. The third kappa shape index (κ3) is 4.35. The Morgan fingerprint density at radius 1 is 1.00 bits per heavy atom. The van der Waals surface area contributed by atoms with Gasteiger partial charge in [0.15, 0.2) is 5.78 Å². The van der Waals surface area contributed by atoms with E-state index in [0.717, 1.165) is 23.3 Å². The summed E-state index contributed by atoms with van der Waals surface area (Å²) in [5.41, 5.74) is 3.08. The zero-order valence-electron chi connectivity index (χ0n) is 17.3. The first-order chi connectivity index (χ1) is 15.0. The Labute approximate surface area is 180 Å². The van der Waals surface area contributed by atoms with Gasteiger partial charge in [-0.2, -0.15) is 0 Å². The van der Waals surface area contributed by atoms with Crippen molar-refractivity contribution in [1.29, 1.82) is 0 Å². The zero-order valence-corrected chi connectivity index (χ0v) is 17.3. The lowest BCUT2D eigenvalue weighted by atomic mass is 9.73. The minimum atomic E-state index is -0.461. The second-order valence-corrected chi connectivity index (χ2v) is 7.99. The lowest BCUT2D eigenvalue weighted by Gasteiger charge is -2.34. The molecule has 7 nitrogen and oxygen atoms in total. The van der Waals surface area contributed by atoms with Crippen LogP contribution in [0.3, 0.4) is 0 Å². The number of nitro groups is 1. The van der Waals surface area contributed by atoms with E-state index in [4.69, 9.17) is 4.74 Å². The predicted octanol–water partition coefficient (Wildman–Crippen LogP) is 4.39. The first-order valence-electron chi connectivity index (χ1n) is 10.5. The zero-order chi connectivity index (χ0) is 22.0. The summed E-state index contributed by atoms with van der Waals surface area (Å²) in [6.45, 7) is 2.71. The molecule has 0 saturated heterocycles. The van der Waals surface area contributed by atoms with Crippen LogP contribution < -0.4 is 10.1 Å². The largest absolute Gasteiger partial charge is 0.494 e. The average Bonchev–Trinajstić information content (AvgIpc) is 2.77. The van der Waals surface area contributed by atoms with Crippen molar-refractivity contribution in [2.75, 3.05) is 6.61 Å². The summed E-state index contributed by atoms with van der Waals surface area (Å²) in [6, 6.07) is 13.9. The number of benzene rings is 2. The second-order valence-electron chi connectivity index (χ2n) is 7.99. The molecule has 0 bridgehead atoms. The molecule has 0 saturated carbocycles. The van der Waals surface area contributed by atoms with Crippen LogP contribution in [-0.4, -0.2) is 23.2 Å². The molecule has 2 aromatic rings. The minimum Gasteiger partial charge on any atom is -0.494 e. The summed E-state index contributed by atoms with van der Waals surface area (Å²) < 4.78 is 5.63. The van der Waals surface area contributed by atoms with Gasteiger partial charge in [0.1, 0.15) is 5.75 Å². The monoisotopic (exact) mass is 420 g/mol. The van der Waals surface area contributed by atoms with Crippen molar-refractivity contribution in [1.82, 2.24) is 5.32 Å². The summed E-state index contributed by atoms with van der Waals surface area (Å²) in [4.78, 5) is 36.0. The third-order valence-corrected chi connectivity index (χ3v) is 5.87. The number of nitro benzene ring substituents is 1. The molecule has 4 rings (SSSR count). The van der Waals surface area contributed by atoms with Crippen molar-refractivity contribution in [3.8, 4) is 5.75 Å². The standard InChI is InChI=1S/C24H24N2O5/c1-2-11-31-19-9-5-15(6-10-19)17-12-21-24(22(27)13-17)20(14-23(28)25-21)16-3-7-18(8-4-16)26(29)30/h3-10,17,20H,2,11-14H2,1H3,(H,25,28). The van der Waals surface area contributed by atoms with E-state index in [2.05, 4.69) is 12.2 Å². The van der Waals surface area contributed by atoms with Crippen LogP contribution in [0.25, 0.3) is 0 Å². The van der Waals surface area contributed by atoms with Crippen LogP contribution in [0.4, 0.5) is 5.69 Å². The molecule has 2 atom stereocenters. The predicted molar refractivity (Wildman–Crippen MR) is 115 cm³/mol. The lowest BCUT2D eigenvalue weighted by Crippen LogP contribution is -2.38. The van der Waals surface area contributed by atoms with Crippen molar-refractivity contribution >= 4 is 17.4 Å². The summed E-state index contributed by atoms with van der Waals surface area (Å²) in [5.74, 6) is 0.293. The van der Waals surface area contributed by atoms with Crippen LogP contribution in [0.1, 0.15) is 55.6 Å². The van der Waals surface area contributed by atoms with Gasteiger partial charge in [0.25, 0.3) is 5.69 Å². The van der Waals surface area contributed by atoms with Gasteiger partial charge in [-0.05, 0) is 42.0 Å². The molecule has 0 fully saturated rings. The maximum absolute atomic E-state index is 13.1. The maximum Gasteiger partial charge on any atom is 0.269 e. The SMILES string of the molecule is CCCOc1ccc(C2CC(=O)C3=C(C2)NC(=O)CC3c2ccc([N+](=O)[O-])cc2)cc1. The Bertz CT molecular complexity index is 1040. The van der Waals surface area contributed by atoms with E-state index in [9.17, 15) is 19.7 Å². The van der Waals surface area contributed by atoms with Crippen LogP contribution in [0.15, 0.2) is 59.8 Å². The van der Waals surface area contributed by atoms with Gasteiger partial charge in [-0.3, -0.25) is 19.7 Å². The highest BCUT2D eigenvalue weighted by atomic mass is 16.6. The number of rotatable bonds is 6. The molecule has 2 aromatic carbocycles. The summed E-state index contributed by atoms with van der Waals surface area (Å²) in [6.07, 6.45) is 2.04. The fourth-order valence-corrected chi connectivity index (χ4v) is 4.37. The number of ether oxygens (including phenoxy) is 1. The second kappa shape index (κ2) is 8.71. The molecule has 160 valence electrons. The first kappa shape index (κ1) is 20.8. The fraction of sp³-hybridized carbons (Fsp3) is 0.333. The van der Waals surface area contributed by atoms with E-state index in [0.29, 0.717) is 30.7 Å². The van der Waals surface area contributed by atoms with Gasteiger partial charge in [-0.15, -0.1) is 0 Å². The van der Waals surface area contributed by atoms with Gasteiger partial charge in [0.05, 0.1) is 11.5 Å². The number of nitrogens with zero attached hydrogens (tertiary/aromatic N) is 1. The summed E-state index contributed by atoms with van der Waals surface area (Å²) in [7, 11) is 0. The fourth-order valence-electron chi connectivity index (χ4n) is 4.37. The highest BCUT2D eigenvalue weighted by Crippen LogP contribution is 2.42. The molecule has 1 amide bonds. The topological polar surface area (TPSA) is 98.5 Å². The number of non-ortho nitro benzene ring substituents is 1. The van der Waals surface area contributed by atoms with Crippen molar-refractivity contribution in [2.24, 2.45) is 0 Å². The molecule has 7 heteroatoms. The van der Waals surface area contributed by atoms with Gasteiger partial charge in [-0.1, -0.05) is 31.2 Å². The number of carbonyl (C=O) groups excluding carboxylic acids is 2. The van der Waals surface area contributed by atoms with E-state index < -0.39 is 4.92 Å². The highest BCUT2D eigenvalue weighted by molar-refractivity contribution is 6.02. The van der Waals surface area contributed by atoms with Crippen molar-refractivity contribution in [3.63, 3.8) is 0 Å². The number of nitrogens with one attached hydrogen (secondary N) is 1. The highest BCUT2D eigenvalue weighted by Gasteiger charge is 2.38. The smallest absolute Gasteiger partial charge is 0.269 e. The molecular weight excluding hydrogens is 396 g/mol. The van der Waals surface area contributed by atoms with E-state index in [-0.39, 0.29) is 35.6 Å². The molecule has 2 aliphatic rings. The number of Topliss-reactive ketones (excluding diaryl/α,β-unsaturated/α-hetero) is 1. The number of amides is 1. The lowest BCUT2D eigenvalue weighted by molar-refractivity contribution is -0.384. The van der Waals surface area contributed by atoms with E-state index in [1.165, 1.54) is 12.1 Å². The quantitative estimate of drug-likeness (QED) is 0.552. The van der Waals surface area contributed by atoms with Crippen LogP contribution in [0.5, 0.6) is 5.75 Å². The first-order valence-corrected chi connectivity index (χ1v) is 10.5. The average molecular weight is 420 g/mol. The van der Waals surface area contributed by atoms with Crippen molar-refractivity contribution < 1.29 is 19.2 Å². The third-order valence-electron chi connectivity index (χ3n) is 5.87. The Morgan fingerprint density at radius 3 is 2.32 bits per heavy atom. The number of allylic oxidation sites excluding steroid dienone is 2. The van der Waals surface area contributed by atoms with Gasteiger partial charge in [0.2, 0.25) is 5.91 Å². The maximum atomic E-state index is 13.1. The molecule has 0 aromatic heterocycles. The van der Waals surface area contributed by atoms with Gasteiger partial charge >= 0.3 is 0 Å². The Morgan fingerprint density at radius 2 is 1.68 bits per heavy atom. The number of ketones is 1. The van der Waals surface area contributed by atoms with Crippen LogP contribution >= 0.6 is 0 Å². The Hall–Kier alpha value is -3.48. The minimum absolute atomic E-state index is 0.0117. The van der Waals surface area contributed by atoms with Crippen LogP contribution in [-0.2, 0) is 9.59 Å². The molecule has 1 aliphatic carbocycles. The van der Waals surface area contributed by atoms with Gasteiger partial charge < -0.3 is 10.1 Å². The van der Waals surface area contributed by atoms with E-state index in [1.54, 1.807) is 12.1 Å². The summed E-state index contributed by atoms with van der Waals surface area (Å²) >= 11 is 0. The molecule has 1 N–H and O–H groups in total. The van der Waals surface area contributed by atoms with Crippen molar-refractivity contribution in [3.05, 3.63) is 81.0 Å². The molecule has 0 radical (unpaired) electrons. The molecule has 1 heterocycles. The Balaban J connectivity index is 1.59. The molecule has 0 spiro atoms. The van der Waals surface area contributed by atoms with Crippen molar-refractivity contribution in [2.45, 2.75) is 44.4 Å².